The molecule has 2 atom stereocenters. The smallest absolute Gasteiger partial charge is 0.407 e. The number of hydrogen-bond acceptors (Lipinski definition) is 6. The number of carbonyl (C=O) groups is 2. The van der Waals surface area contributed by atoms with Gasteiger partial charge in [-0.05, 0) is 45.7 Å². The van der Waals surface area contributed by atoms with E-state index in [1.54, 1.807) is 39.0 Å². The molecule has 1 heterocycles. The van der Waals surface area contributed by atoms with Gasteiger partial charge in [0.15, 0.2) is 0 Å². The van der Waals surface area contributed by atoms with Crippen molar-refractivity contribution in [1.29, 1.82) is 0 Å². The van der Waals surface area contributed by atoms with Crippen LogP contribution in [-0.4, -0.2) is 50.5 Å². The van der Waals surface area contributed by atoms with Crippen LogP contribution in [0.2, 0.25) is 0 Å². The molecule has 3 N–H and O–H groups in total. The fourth-order valence-corrected chi connectivity index (χ4v) is 4.84. The Morgan fingerprint density at radius 1 is 1.13 bits per heavy atom. The molecule has 1 saturated carbocycles. The minimum Gasteiger partial charge on any atom is -0.444 e. The molecule has 0 bridgehead atoms. The molecule has 1 aliphatic carbocycles. The normalized spacial score (nSPS) is 23.9. The largest absolute Gasteiger partial charge is 0.444 e. The summed E-state index contributed by atoms with van der Waals surface area (Å²) in [5.74, 6) is -0.179. The van der Waals surface area contributed by atoms with E-state index in [1.807, 2.05) is 0 Å². The van der Waals surface area contributed by atoms with E-state index in [2.05, 4.69) is 20.3 Å². The van der Waals surface area contributed by atoms with Gasteiger partial charge in [-0.1, -0.05) is 25.0 Å². The van der Waals surface area contributed by atoms with Gasteiger partial charge in [-0.2, -0.15) is 0 Å². The van der Waals surface area contributed by atoms with Crippen molar-refractivity contribution in [2.24, 2.45) is 4.99 Å². The molecule has 1 aromatic rings. The number of rotatable bonds is 4. The van der Waals surface area contributed by atoms with Crippen LogP contribution in [0.5, 0.6) is 0 Å². The number of nitrogens with one attached hydrogen (secondary N) is 3. The number of alkyl carbamates (subject to hydrolysis) is 1. The van der Waals surface area contributed by atoms with Gasteiger partial charge < -0.3 is 15.4 Å². The van der Waals surface area contributed by atoms with Crippen LogP contribution in [-0.2, 0) is 19.6 Å². The van der Waals surface area contributed by atoms with E-state index in [1.165, 1.54) is 6.07 Å². The van der Waals surface area contributed by atoms with Gasteiger partial charge in [-0.25, -0.2) is 13.2 Å². The number of sulfonamides is 1. The highest BCUT2D eigenvalue weighted by molar-refractivity contribution is 7.90. The maximum atomic E-state index is 12.5. The van der Waals surface area contributed by atoms with Crippen molar-refractivity contribution >= 4 is 27.9 Å². The Bertz CT molecular complexity index is 952. The highest BCUT2D eigenvalue weighted by Gasteiger charge is 2.31. The molecule has 0 aromatic heterocycles. The molecule has 3 rings (SSSR count). The van der Waals surface area contributed by atoms with Gasteiger partial charge in [-0.3, -0.25) is 14.5 Å². The first-order valence-corrected chi connectivity index (χ1v) is 11.5. The number of benzene rings is 1. The molecule has 1 aliphatic heterocycles. The van der Waals surface area contributed by atoms with Crippen LogP contribution >= 0.6 is 0 Å². The zero-order chi connectivity index (χ0) is 21.9. The first kappa shape index (κ1) is 22.1. The van der Waals surface area contributed by atoms with Crippen molar-refractivity contribution in [1.82, 2.24) is 15.4 Å². The van der Waals surface area contributed by atoms with Gasteiger partial charge in [0, 0.05) is 11.6 Å². The average molecular weight is 437 g/mol. The predicted molar refractivity (Wildman–Crippen MR) is 112 cm³/mol. The van der Waals surface area contributed by atoms with Crippen LogP contribution < -0.4 is 15.4 Å². The van der Waals surface area contributed by atoms with Crippen molar-refractivity contribution < 1.29 is 22.7 Å². The molecule has 1 fully saturated rings. The third kappa shape index (κ3) is 5.50. The van der Waals surface area contributed by atoms with Gasteiger partial charge >= 0.3 is 6.09 Å². The maximum absolute atomic E-state index is 12.5. The Morgan fingerprint density at radius 2 is 1.77 bits per heavy atom. The number of hydrogen-bond donors (Lipinski definition) is 3. The number of carbonyl (C=O) groups excluding carboxylic acids is 2. The van der Waals surface area contributed by atoms with Crippen LogP contribution in [0.25, 0.3) is 0 Å². The van der Waals surface area contributed by atoms with Gasteiger partial charge in [-0.15, -0.1) is 0 Å². The predicted octanol–water partition coefficient (Wildman–Crippen LogP) is 1.68. The quantitative estimate of drug-likeness (QED) is 0.662. The highest BCUT2D eigenvalue weighted by atomic mass is 32.2. The monoisotopic (exact) mass is 436 g/mol. The van der Waals surface area contributed by atoms with E-state index in [4.69, 9.17) is 4.74 Å². The summed E-state index contributed by atoms with van der Waals surface area (Å²) in [7, 11) is -3.64. The first-order valence-electron chi connectivity index (χ1n) is 10.0. The van der Waals surface area contributed by atoms with Gasteiger partial charge in [0.25, 0.3) is 10.0 Å². The Labute approximate surface area is 176 Å². The summed E-state index contributed by atoms with van der Waals surface area (Å²) in [4.78, 5) is 28.9. The number of aliphatic imine (C=N–C) groups is 1. The second-order valence-electron chi connectivity index (χ2n) is 8.48. The molecule has 30 heavy (non-hydrogen) atoms. The lowest BCUT2D eigenvalue weighted by Crippen LogP contribution is -2.54. The summed E-state index contributed by atoms with van der Waals surface area (Å²) in [5.41, 5.74) is -0.147. The Hall–Kier alpha value is -2.62. The number of amides is 2. The van der Waals surface area contributed by atoms with E-state index in [0.717, 1.165) is 25.7 Å². The lowest BCUT2D eigenvalue weighted by Gasteiger charge is -2.33. The second kappa shape index (κ2) is 8.63. The number of nitrogens with zero attached hydrogens (tertiary/aromatic N) is 1. The summed E-state index contributed by atoms with van der Waals surface area (Å²) >= 11 is 0. The third-order valence-corrected chi connectivity index (χ3v) is 6.26. The summed E-state index contributed by atoms with van der Waals surface area (Å²) in [5, 5.41) is 5.76. The van der Waals surface area contributed by atoms with Crippen molar-refractivity contribution in [2.75, 3.05) is 6.54 Å². The van der Waals surface area contributed by atoms with Crippen LogP contribution in [0.3, 0.4) is 0 Å². The molecule has 2 aliphatic rings. The number of ether oxygens (including phenoxy) is 1. The van der Waals surface area contributed by atoms with E-state index < -0.39 is 21.7 Å². The topological polar surface area (TPSA) is 126 Å². The lowest BCUT2D eigenvalue weighted by atomic mass is 9.90. The van der Waals surface area contributed by atoms with Crippen LogP contribution in [0.1, 0.15) is 52.0 Å². The Balaban J connectivity index is 1.61. The number of fused-ring (bicyclic) bond motifs is 1. The molecular weight excluding hydrogens is 408 g/mol. The molecule has 10 heteroatoms. The van der Waals surface area contributed by atoms with Crippen LogP contribution in [0.15, 0.2) is 34.2 Å². The van der Waals surface area contributed by atoms with Crippen LogP contribution in [0, 0.1) is 0 Å². The summed E-state index contributed by atoms with van der Waals surface area (Å²) in [6.45, 7) is 5.16. The third-order valence-electron chi connectivity index (χ3n) is 4.86. The van der Waals surface area contributed by atoms with Gasteiger partial charge in [0.05, 0.1) is 10.9 Å². The highest BCUT2D eigenvalue weighted by Crippen LogP contribution is 2.22. The van der Waals surface area contributed by atoms with E-state index in [9.17, 15) is 18.0 Å². The molecule has 0 radical (unpaired) electrons. The van der Waals surface area contributed by atoms with Crippen molar-refractivity contribution in [3.63, 3.8) is 0 Å². The molecule has 0 saturated heterocycles. The van der Waals surface area contributed by atoms with Gasteiger partial charge in [0.2, 0.25) is 5.91 Å². The van der Waals surface area contributed by atoms with E-state index in [0.29, 0.717) is 5.56 Å². The second-order valence-corrected chi connectivity index (χ2v) is 10.1. The van der Waals surface area contributed by atoms with Crippen molar-refractivity contribution in [2.45, 2.75) is 69.0 Å². The fraction of sp³-hybridized carbons (Fsp3) is 0.550. The zero-order valence-corrected chi connectivity index (χ0v) is 18.2. The summed E-state index contributed by atoms with van der Waals surface area (Å²) in [6.07, 6.45) is 2.86. The number of amidine groups is 1. The lowest BCUT2D eigenvalue weighted by molar-refractivity contribution is -0.120. The summed E-state index contributed by atoms with van der Waals surface area (Å²) < 4.78 is 31.9. The van der Waals surface area contributed by atoms with E-state index in [-0.39, 0.29) is 35.3 Å². The van der Waals surface area contributed by atoms with Crippen molar-refractivity contribution in [3.05, 3.63) is 29.8 Å². The minimum absolute atomic E-state index is 0.151. The van der Waals surface area contributed by atoms with Crippen molar-refractivity contribution in [3.8, 4) is 0 Å². The first-order chi connectivity index (χ1) is 14.0. The standard InChI is InChI=1S/C20H28N4O5S/c1-20(2,3)29-19(26)23-15-10-6-5-9-14(15)22-17(25)12-21-18-13-8-4-7-11-16(13)30(27,28)24-18/h4,7-8,11,14-15H,5-6,9-10,12H2,1-3H3,(H,21,24)(H,22,25)(H,23,26). The van der Waals surface area contributed by atoms with Gasteiger partial charge in [0.1, 0.15) is 18.0 Å². The molecule has 1 aromatic carbocycles. The molecule has 9 nitrogen and oxygen atoms in total. The average Bonchev–Trinajstić information content (AvgIpc) is 2.91. The molecular formula is C20H28N4O5S. The molecule has 164 valence electrons. The van der Waals surface area contributed by atoms with Crippen LogP contribution in [0.4, 0.5) is 4.79 Å². The zero-order valence-electron chi connectivity index (χ0n) is 17.4. The maximum Gasteiger partial charge on any atom is 0.407 e. The minimum atomic E-state index is -3.64. The van der Waals surface area contributed by atoms with E-state index >= 15 is 0 Å². The molecule has 2 unspecified atom stereocenters. The fourth-order valence-electron chi connectivity index (χ4n) is 3.59. The Kier molecular flexibility index (Phi) is 6.35. The molecule has 2 amide bonds. The summed E-state index contributed by atoms with van der Waals surface area (Å²) in [6, 6.07) is 6.03. The Morgan fingerprint density at radius 3 is 2.43 bits per heavy atom. The SMILES string of the molecule is CC(C)(C)OC(=O)NC1CCCCC1NC(=O)CN=C1NS(=O)(=O)c2ccccc21. The molecule has 0 spiro atoms.